The monoisotopic (exact) mass is 348 g/mol. The second-order valence-electron chi connectivity index (χ2n) is 6.19. The largest absolute Gasteiger partial charge is 0.491 e. The maximum absolute atomic E-state index is 9.98. The van der Waals surface area contributed by atoms with Gasteiger partial charge >= 0.3 is 7.12 Å². The van der Waals surface area contributed by atoms with Crippen LogP contribution >= 0.6 is 11.8 Å². The fourth-order valence-corrected chi connectivity index (χ4v) is 4.11. The quantitative estimate of drug-likeness (QED) is 0.447. The number of thioether (sulfide) groups is 1. The molecule has 1 aliphatic rings. The molecule has 0 spiro atoms. The fourth-order valence-electron chi connectivity index (χ4n) is 3.20. The molecule has 1 N–H and O–H groups in total. The number of aryl methyl sites for hydroxylation is 1. The summed E-state index contributed by atoms with van der Waals surface area (Å²) in [6.45, 7) is 2.54. The van der Waals surface area contributed by atoms with Crippen molar-refractivity contribution in [3.63, 3.8) is 0 Å². The summed E-state index contributed by atoms with van der Waals surface area (Å²) >= 11 is 1.71. The third-order valence-electron chi connectivity index (χ3n) is 4.47. The van der Waals surface area contributed by atoms with Gasteiger partial charge in [-0.15, -0.1) is 11.8 Å². The Kier molecular flexibility index (Phi) is 4.30. The lowest BCUT2D eigenvalue weighted by Gasteiger charge is -2.08. The van der Waals surface area contributed by atoms with Gasteiger partial charge in [-0.25, -0.2) is 0 Å². The van der Waals surface area contributed by atoms with Crippen molar-refractivity contribution in [3.8, 4) is 11.8 Å². The molecule has 2 heterocycles. The normalized spacial score (nSPS) is 13.2. The lowest BCUT2D eigenvalue weighted by Crippen LogP contribution is -2.28. The molecule has 25 heavy (non-hydrogen) atoms. The summed E-state index contributed by atoms with van der Waals surface area (Å²) in [6, 6.07) is 14.7. The first-order chi connectivity index (χ1) is 12.2. The molecule has 3 aromatic rings. The Morgan fingerprint density at radius 1 is 1.32 bits per heavy atom. The van der Waals surface area contributed by atoms with Crippen LogP contribution in [0.5, 0.6) is 0 Å². The highest BCUT2D eigenvalue weighted by atomic mass is 32.2. The van der Waals surface area contributed by atoms with E-state index in [4.69, 9.17) is 9.92 Å². The third kappa shape index (κ3) is 2.95. The molecule has 2 aromatic carbocycles. The zero-order valence-corrected chi connectivity index (χ0v) is 14.7. The molecular weight excluding hydrogens is 331 g/mol. The van der Waals surface area contributed by atoms with E-state index in [1.54, 1.807) is 11.8 Å². The van der Waals surface area contributed by atoms with Gasteiger partial charge in [0, 0.05) is 34.3 Å². The lowest BCUT2D eigenvalue weighted by atomic mass is 9.79. The lowest BCUT2D eigenvalue weighted by molar-refractivity contribution is 0.275. The minimum Gasteiger partial charge on any atom is -0.423 e. The van der Waals surface area contributed by atoms with E-state index in [2.05, 4.69) is 48.0 Å². The molecule has 0 bridgehead atoms. The van der Waals surface area contributed by atoms with Crippen LogP contribution in [0.1, 0.15) is 17.5 Å². The van der Waals surface area contributed by atoms with Gasteiger partial charge in [-0.1, -0.05) is 17.7 Å². The van der Waals surface area contributed by atoms with Gasteiger partial charge in [0.2, 0.25) is 0 Å². The molecule has 0 aliphatic carbocycles. The fraction of sp³-hybridized carbons (Fsp3) is 0.211. The summed E-state index contributed by atoms with van der Waals surface area (Å²) in [7, 11) is -0.844. The first-order valence-electron chi connectivity index (χ1n) is 8.21. The predicted octanol–water partition coefficient (Wildman–Crippen LogP) is 3.16. The zero-order chi connectivity index (χ0) is 17.4. The standard InChI is InChI=1S/C19H17BN2O2S/c1-13-3-6-18-16(9-13)19(25-8-2-7-21)11-22(18)15-5-4-14-12-24-20(23)17(14)10-15/h3-6,9-11,23H,2,8,12H2,1H3. The summed E-state index contributed by atoms with van der Waals surface area (Å²) < 4.78 is 7.45. The van der Waals surface area contributed by atoms with Crippen LogP contribution in [0.15, 0.2) is 47.5 Å². The van der Waals surface area contributed by atoms with Gasteiger partial charge in [0.25, 0.3) is 0 Å². The predicted molar refractivity (Wildman–Crippen MR) is 101 cm³/mol. The first-order valence-corrected chi connectivity index (χ1v) is 9.20. The van der Waals surface area contributed by atoms with Crippen molar-refractivity contribution in [2.45, 2.75) is 24.8 Å². The topological polar surface area (TPSA) is 58.2 Å². The van der Waals surface area contributed by atoms with E-state index in [9.17, 15) is 5.02 Å². The van der Waals surface area contributed by atoms with E-state index in [1.807, 2.05) is 12.1 Å². The Bertz CT molecular complexity index is 993. The van der Waals surface area contributed by atoms with Crippen LogP contribution in [0.2, 0.25) is 0 Å². The van der Waals surface area contributed by atoms with Gasteiger partial charge in [0.15, 0.2) is 0 Å². The Morgan fingerprint density at radius 3 is 3.04 bits per heavy atom. The number of nitriles is 1. The molecule has 0 saturated carbocycles. The number of fused-ring (bicyclic) bond motifs is 2. The summed E-state index contributed by atoms with van der Waals surface area (Å²) in [5, 5.41) is 20.0. The second-order valence-corrected chi connectivity index (χ2v) is 7.32. The van der Waals surface area contributed by atoms with E-state index in [0.29, 0.717) is 13.0 Å². The molecule has 0 atom stereocenters. The summed E-state index contributed by atoms with van der Waals surface area (Å²) in [5.74, 6) is 0.778. The van der Waals surface area contributed by atoms with E-state index >= 15 is 0 Å². The maximum Gasteiger partial charge on any atom is 0.491 e. The minimum absolute atomic E-state index is 0.456. The molecule has 0 unspecified atom stereocenters. The summed E-state index contributed by atoms with van der Waals surface area (Å²) in [4.78, 5) is 1.17. The van der Waals surface area contributed by atoms with Crippen molar-refractivity contribution in [1.29, 1.82) is 5.26 Å². The second kappa shape index (κ2) is 6.60. The zero-order valence-electron chi connectivity index (χ0n) is 13.9. The van der Waals surface area contributed by atoms with Crippen LogP contribution in [0, 0.1) is 18.3 Å². The summed E-state index contributed by atoms with van der Waals surface area (Å²) in [5.41, 5.74) is 5.21. The van der Waals surface area contributed by atoms with Crippen LogP contribution in [0.4, 0.5) is 0 Å². The Hall–Kier alpha value is -2.20. The Labute approximate surface area is 151 Å². The molecular formula is C19H17BN2O2S. The number of nitrogens with zero attached hydrogens (tertiary/aromatic N) is 2. The Morgan fingerprint density at radius 2 is 2.20 bits per heavy atom. The van der Waals surface area contributed by atoms with Gasteiger partial charge in [0.1, 0.15) is 0 Å². The van der Waals surface area contributed by atoms with Crippen LogP contribution in [-0.4, -0.2) is 22.5 Å². The number of rotatable bonds is 4. The van der Waals surface area contributed by atoms with E-state index in [-0.39, 0.29) is 0 Å². The highest BCUT2D eigenvalue weighted by Gasteiger charge is 2.27. The van der Waals surface area contributed by atoms with Gasteiger partial charge in [-0.2, -0.15) is 5.26 Å². The Balaban J connectivity index is 1.82. The molecule has 124 valence electrons. The smallest absolute Gasteiger partial charge is 0.423 e. The van der Waals surface area contributed by atoms with E-state index < -0.39 is 7.12 Å². The summed E-state index contributed by atoms with van der Waals surface area (Å²) in [6.07, 6.45) is 2.65. The third-order valence-corrected chi connectivity index (χ3v) is 5.51. The van der Waals surface area contributed by atoms with Crippen LogP contribution in [-0.2, 0) is 11.3 Å². The van der Waals surface area contributed by atoms with E-state index in [0.717, 1.165) is 28.0 Å². The highest BCUT2D eigenvalue weighted by Crippen LogP contribution is 2.33. The first kappa shape index (κ1) is 16.3. The number of benzene rings is 2. The molecule has 0 saturated heterocycles. The van der Waals surface area contributed by atoms with Crippen molar-refractivity contribution in [1.82, 2.24) is 4.57 Å². The molecule has 4 rings (SSSR count). The van der Waals surface area contributed by atoms with Crippen LogP contribution in [0.25, 0.3) is 16.6 Å². The van der Waals surface area contributed by atoms with E-state index in [1.165, 1.54) is 15.8 Å². The average Bonchev–Trinajstić information content (AvgIpc) is 3.16. The highest BCUT2D eigenvalue weighted by molar-refractivity contribution is 7.99. The molecule has 0 amide bonds. The molecule has 6 heteroatoms. The van der Waals surface area contributed by atoms with Crippen molar-refractivity contribution in [3.05, 3.63) is 53.7 Å². The van der Waals surface area contributed by atoms with Crippen molar-refractivity contribution >= 4 is 35.2 Å². The van der Waals surface area contributed by atoms with Gasteiger partial charge in [-0.05, 0) is 42.2 Å². The van der Waals surface area contributed by atoms with Crippen molar-refractivity contribution in [2.24, 2.45) is 0 Å². The molecule has 4 nitrogen and oxygen atoms in total. The SMILES string of the molecule is Cc1ccc2c(c1)c(SCCC#N)cn2-c1ccc2c(c1)B(O)OC2. The molecule has 0 radical (unpaired) electrons. The number of hydrogen-bond donors (Lipinski definition) is 1. The van der Waals surface area contributed by atoms with Crippen molar-refractivity contribution < 1.29 is 9.68 Å². The molecule has 1 aromatic heterocycles. The average molecular weight is 348 g/mol. The van der Waals surface area contributed by atoms with Gasteiger partial charge in [0.05, 0.1) is 18.2 Å². The van der Waals surface area contributed by atoms with Crippen molar-refractivity contribution in [2.75, 3.05) is 5.75 Å². The molecule has 1 aliphatic heterocycles. The van der Waals surface area contributed by atoms with Crippen LogP contribution in [0.3, 0.4) is 0 Å². The van der Waals surface area contributed by atoms with Gasteiger partial charge < -0.3 is 14.2 Å². The number of hydrogen-bond acceptors (Lipinski definition) is 4. The molecule has 0 fully saturated rings. The van der Waals surface area contributed by atoms with Gasteiger partial charge in [-0.3, -0.25) is 0 Å². The van der Waals surface area contributed by atoms with Crippen LogP contribution < -0.4 is 5.46 Å². The maximum atomic E-state index is 9.98. The number of aromatic nitrogens is 1. The minimum atomic E-state index is -0.844.